The molecule has 2 aromatic carbocycles. The number of benzene rings is 2. The van der Waals surface area contributed by atoms with Crippen molar-refractivity contribution in [2.45, 2.75) is 68.5 Å². The highest BCUT2D eigenvalue weighted by molar-refractivity contribution is 5.74. The van der Waals surface area contributed by atoms with Gasteiger partial charge in [0.1, 0.15) is 0 Å². The Hall–Kier alpha value is -3.68. The van der Waals surface area contributed by atoms with Crippen molar-refractivity contribution in [3.63, 3.8) is 0 Å². The van der Waals surface area contributed by atoms with Crippen LogP contribution < -0.4 is 20.1 Å². The number of hydrogen-bond acceptors (Lipinski definition) is 6. The van der Waals surface area contributed by atoms with Gasteiger partial charge < -0.3 is 20.1 Å². The number of amides is 2. The fourth-order valence-corrected chi connectivity index (χ4v) is 2.27. The first-order valence-electron chi connectivity index (χ1n) is 11.2. The van der Waals surface area contributed by atoms with E-state index in [4.69, 9.17) is 9.47 Å². The third-order valence-electron chi connectivity index (χ3n) is 3.53. The summed E-state index contributed by atoms with van der Waals surface area (Å²) in [5.41, 5.74) is 2.04. The summed E-state index contributed by atoms with van der Waals surface area (Å²) in [7, 11) is 0. The monoisotopic (exact) mass is 474 g/mol. The van der Waals surface area contributed by atoms with Crippen LogP contribution in [0.1, 0.15) is 66.5 Å². The van der Waals surface area contributed by atoms with Crippen LogP contribution in [0.15, 0.2) is 48.5 Å². The van der Waals surface area contributed by atoms with Crippen LogP contribution >= 0.6 is 0 Å². The normalized spacial score (nSPS) is 8.71. The molecule has 0 aliphatic rings. The highest BCUT2D eigenvalue weighted by Gasteiger charge is 2.08. The van der Waals surface area contributed by atoms with E-state index in [-0.39, 0.29) is 23.3 Å². The Balaban J connectivity index is 0. The van der Waals surface area contributed by atoms with Gasteiger partial charge in [-0.15, -0.1) is 0 Å². The summed E-state index contributed by atoms with van der Waals surface area (Å²) in [5.74, 6) is -0.539. The first-order chi connectivity index (χ1) is 16.2. The number of carbonyl (C=O) groups excluding carboxylic acids is 4. The van der Waals surface area contributed by atoms with Gasteiger partial charge in [0.15, 0.2) is 11.5 Å². The molecule has 2 rings (SSSR count). The molecular formula is C26H38N2O6. The van der Waals surface area contributed by atoms with Gasteiger partial charge in [-0.3, -0.25) is 19.2 Å². The number of esters is 2. The van der Waals surface area contributed by atoms with Crippen LogP contribution in [0.4, 0.5) is 0 Å². The minimum absolute atomic E-state index is 0.0608. The number of para-hydroxylation sites is 2. The zero-order chi connectivity index (χ0) is 26.5. The van der Waals surface area contributed by atoms with Crippen LogP contribution in [0.2, 0.25) is 0 Å². The zero-order valence-corrected chi connectivity index (χ0v) is 21.5. The zero-order valence-electron chi connectivity index (χ0n) is 21.5. The summed E-state index contributed by atoms with van der Waals surface area (Å²) in [4.78, 5) is 43.0. The Morgan fingerprint density at radius 2 is 0.882 bits per heavy atom. The second kappa shape index (κ2) is 20.0. The number of ether oxygens (including phenoxy) is 2. The highest BCUT2D eigenvalue weighted by Crippen LogP contribution is 2.26. The summed E-state index contributed by atoms with van der Waals surface area (Å²) in [6.45, 7) is 14.5. The Morgan fingerprint density at radius 3 is 1.15 bits per heavy atom. The van der Waals surface area contributed by atoms with Gasteiger partial charge in [-0.05, 0) is 23.3 Å². The van der Waals surface area contributed by atoms with Crippen molar-refractivity contribution >= 4 is 23.8 Å². The average Bonchev–Trinajstić information content (AvgIpc) is 2.80. The molecule has 0 unspecified atom stereocenters. The molecule has 188 valence electrons. The van der Waals surface area contributed by atoms with E-state index >= 15 is 0 Å². The standard InChI is InChI=1S/C12H16N2O2.C10H10O4.2C2H6/c1-9(15)13-7-11-5-3-4-6-12(11)8-14-10(2)16;1-7(11)13-9-5-3-4-6-10(9)14-8(2)12;2*1-2/h3-6H,7-8H2,1-2H3,(H,13,15)(H,14,16);3-6H,1-2H3;2*1-2H3. The summed E-state index contributed by atoms with van der Waals surface area (Å²) in [6.07, 6.45) is 0. The molecule has 0 bridgehead atoms. The second-order valence-corrected chi connectivity index (χ2v) is 6.22. The lowest BCUT2D eigenvalue weighted by atomic mass is 10.1. The second-order valence-electron chi connectivity index (χ2n) is 6.22. The third kappa shape index (κ3) is 16.0. The predicted octanol–water partition coefficient (Wildman–Crippen LogP) is 4.55. The van der Waals surface area contributed by atoms with Gasteiger partial charge >= 0.3 is 11.9 Å². The molecule has 0 radical (unpaired) electrons. The van der Waals surface area contributed by atoms with Gasteiger partial charge in [-0.2, -0.15) is 0 Å². The highest BCUT2D eigenvalue weighted by atomic mass is 16.6. The van der Waals surface area contributed by atoms with E-state index in [1.807, 2.05) is 52.0 Å². The first-order valence-corrected chi connectivity index (χ1v) is 11.2. The molecule has 8 heteroatoms. The molecule has 2 N–H and O–H groups in total. The molecule has 0 heterocycles. The maximum absolute atomic E-state index is 10.8. The Kier molecular flexibility index (Phi) is 19.1. The number of rotatable bonds is 6. The van der Waals surface area contributed by atoms with Crippen molar-refractivity contribution in [1.29, 1.82) is 0 Å². The van der Waals surface area contributed by atoms with E-state index in [1.54, 1.807) is 24.3 Å². The van der Waals surface area contributed by atoms with Crippen LogP contribution in [0.3, 0.4) is 0 Å². The molecule has 0 atom stereocenters. The SMILES string of the molecule is CC.CC.CC(=O)NCc1ccccc1CNC(C)=O.CC(=O)Oc1ccccc1OC(C)=O. The van der Waals surface area contributed by atoms with Gasteiger partial charge in [-0.1, -0.05) is 64.1 Å². The number of hydrogen-bond donors (Lipinski definition) is 2. The predicted molar refractivity (Wildman–Crippen MR) is 133 cm³/mol. The molecule has 0 aliphatic carbocycles. The minimum Gasteiger partial charge on any atom is -0.423 e. The topological polar surface area (TPSA) is 111 Å². The maximum Gasteiger partial charge on any atom is 0.308 e. The summed E-state index contributed by atoms with van der Waals surface area (Å²) in [6, 6.07) is 14.2. The molecule has 2 aromatic rings. The van der Waals surface area contributed by atoms with Crippen molar-refractivity contribution in [2.24, 2.45) is 0 Å². The smallest absolute Gasteiger partial charge is 0.308 e. The van der Waals surface area contributed by atoms with E-state index in [1.165, 1.54) is 27.7 Å². The molecule has 0 aliphatic heterocycles. The lowest BCUT2D eigenvalue weighted by Crippen LogP contribution is -2.23. The molecule has 0 saturated carbocycles. The average molecular weight is 475 g/mol. The van der Waals surface area contributed by atoms with Gasteiger partial charge in [0.25, 0.3) is 0 Å². The first kappa shape index (κ1) is 32.5. The quantitative estimate of drug-likeness (QED) is 0.469. The van der Waals surface area contributed by atoms with E-state index in [0.717, 1.165) is 11.1 Å². The van der Waals surface area contributed by atoms with Crippen molar-refractivity contribution in [2.75, 3.05) is 0 Å². The molecule has 2 amide bonds. The number of carbonyl (C=O) groups is 4. The van der Waals surface area contributed by atoms with Crippen LogP contribution in [-0.4, -0.2) is 23.8 Å². The molecule has 0 fully saturated rings. The number of nitrogens with one attached hydrogen (secondary N) is 2. The molecule has 0 aromatic heterocycles. The van der Waals surface area contributed by atoms with Gasteiger partial charge in [0.05, 0.1) is 0 Å². The van der Waals surface area contributed by atoms with Gasteiger partial charge in [-0.25, -0.2) is 0 Å². The van der Waals surface area contributed by atoms with Crippen molar-refractivity contribution in [3.05, 3.63) is 59.7 Å². The fourth-order valence-electron chi connectivity index (χ4n) is 2.27. The lowest BCUT2D eigenvalue weighted by Gasteiger charge is -2.10. The Labute approximate surface area is 203 Å². The van der Waals surface area contributed by atoms with Crippen molar-refractivity contribution < 1.29 is 28.7 Å². The van der Waals surface area contributed by atoms with E-state index in [9.17, 15) is 19.2 Å². The third-order valence-corrected chi connectivity index (χ3v) is 3.53. The van der Waals surface area contributed by atoms with Gasteiger partial charge in [0.2, 0.25) is 11.8 Å². The maximum atomic E-state index is 10.8. The minimum atomic E-state index is -0.454. The van der Waals surface area contributed by atoms with Crippen molar-refractivity contribution in [3.8, 4) is 11.5 Å². The van der Waals surface area contributed by atoms with E-state index in [0.29, 0.717) is 13.1 Å². The van der Waals surface area contributed by atoms with Crippen LogP contribution in [0.25, 0.3) is 0 Å². The summed E-state index contributed by atoms with van der Waals surface area (Å²) >= 11 is 0. The lowest BCUT2D eigenvalue weighted by molar-refractivity contribution is -0.134. The summed E-state index contributed by atoms with van der Waals surface area (Å²) < 4.78 is 9.66. The molecule has 0 saturated heterocycles. The summed E-state index contributed by atoms with van der Waals surface area (Å²) in [5, 5.41) is 5.48. The largest absolute Gasteiger partial charge is 0.423 e. The fraction of sp³-hybridized carbons (Fsp3) is 0.385. The molecule has 34 heavy (non-hydrogen) atoms. The Bertz CT molecular complexity index is 824. The molecule has 0 spiro atoms. The van der Waals surface area contributed by atoms with E-state index < -0.39 is 11.9 Å². The van der Waals surface area contributed by atoms with Crippen LogP contribution in [0.5, 0.6) is 11.5 Å². The Morgan fingerprint density at radius 1 is 0.588 bits per heavy atom. The molecular weight excluding hydrogens is 436 g/mol. The molecule has 8 nitrogen and oxygen atoms in total. The van der Waals surface area contributed by atoms with Crippen molar-refractivity contribution in [1.82, 2.24) is 10.6 Å². The van der Waals surface area contributed by atoms with Crippen LogP contribution in [0, 0.1) is 0 Å². The van der Waals surface area contributed by atoms with Crippen LogP contribution in [-0.2, 0) is 32.3 Å². The van der Waals surface area contributed by atoms with E-state index in [2.05, 4.69) is 10.6 Å². The van der Waals surface area contributed by atoms with Gasteiger partial charge in [0, 0.05) is 40.8 Å².